The van der Waals surface area contributed by atoms with Gasteiger partial charge in [0.25, 0.3) is 5.91 Å². The number of rotatable bonds is 7. The van der Waals surface area contributed by atoms with E-state index in [2.05, 4.69) is 25.5 Å². The van der Waals surface area contributed by atoms with Gasteiger partial charge >= 0.3 is 12.2 Å². The van der Waals surface area contributed by atoms with Crippen LogP contribution in [-0.4, -0.2) is 66.2 Å². The highest BCUT2D eigenvalue weighted by Crippen LogP contribution is 2.30. The van der Waals surface area contributed by atoms with Crippen molar-refractivity contribution in [3.63, 3.8) is 0 Å². The predicted octanol–water partition coefficient (Wildman–Crippen LogP) is 4.32. The van der Waals surface area contributed by atoms with E-state index in [0.29, 0.717) is 54.6 Å². The molecule has 0 bridgehead atoms. The molecule has 2 heterocycles. The van der Waals surface area contributed by atoms with Gasteiger partial charge in [0.05, 0.1) is 18.8 Å². The lowest BCUT2D eigenvalue weighted by atomic mass is 10.1. The minimum Gasteiger partial charge on any atom is -0.383 e. The summed E-state index contributed by atoms with van der Waals surface area (Å²) in [5.41, 5.74) is 6.88. The first-order valence-corrected chi connectivity index (χ1v) is 12.6. The van der Waals surface area contributed by atoms with Crippen molar-refractivity contribution < 1.29 is 27.5 Å². The first kappa shape index (κ1) is 28.8. The van der Waals surface area contributed by atoms with Crippen LogP contribution in [0.4, 0.5) is 41.0 Å². The zero-order chi connectivity index (χ0) is 28.9. The van der Waals surface area contributed by atoms with E-state index in [-0.39, 0.29) is 11.4 Å². The Balaban J connectivity index is 1.53. The van der Waals surface area contributed by atoms with Crippen molar-refractivity contribution in [2.24, 2.45) is 0 Å². The SMILES string of the molecule is Cc1ccc(NC(=O)c2cccc(C(F)(F)F)c2)cc1NC(=O)N(CCN1CCOCC1)c1ncnc(N)c1C. The van der Waals surface area contributed by atoms with Gasteiger partial charge in [0.2, 0.25) is 0 Å². The van der Waals surface area contributed by atoms with Crippen LogP contribution in [0.25, 0.3) is 0 Å². The Morgan fingerprint density at radius 1 is 1.07 bits per heavy atom. The Hall–Kier alpha value is -4.23. The van der Waals surface area contributed by atoms with Gasteiger partial charge < -0.3 is 21.1 Å². The summed E-state index contributed by atoms with van der Waals surface area (Å²) >= 11 is 0. The average Bonchev–Trinajstić information content (AvgIpc) is 2.93. The van der Waals surface area contributed by atoms with Crippen molar-refractivity contribution in [2.75, 3.05) is 60.7 Å². The topological polar surface area (TPSA) is 126 Å². The number of aromatic nitrogens is 2. The van der Waals surface area contributed by atoms with Gasteiger partial charge in [-0.3, -0.25) is 14.6 Å². The molecule has 1 aliphatic rings. The largest absolute Gasteiger partial charge is 0.416 e. The molecule has 4 N–H and O–H groups in total. The van der Waals surface area contributed by atoms with Crippen molar-refractivity contribution in [1.82, 2.24) is 14.9 Å². The number of aryl methyl sites for hydroxylation is 1. The molecule has 13 heteroatoms. The smallest absolute Gasteiger partial charge is 0.383 e. The number of nitrogens with zero attached hydrogens (tertiary/aromatic N) is 4. The Morgan fingerprint density at radius 3 is 2.55 bits per heavy atom. The maximum atomic E-state index is 13.6. The van der Waals surface area contributed by atoms with Crippen molar-refractivity contribution in [3.8, 4) is 0 Å². The van der Waals surface area contributed by atoms with Crippen LogP contribution in [0.3, 0.4) is 0 Å². The maximum Gasteiger partial charge on any atom is 0.416 e. The van der Waals surface area contributed by atoms with E-state index in [4.69, 9.17) is 10.5 Å². The number of morpholine rings is 1. The second kappa shape index (κ2) is 12.3. The standard InChI is InChI=1S/C27H30F3N7O3/c1-17-6-7-21(34-25(38)19-4-3-5-20(14-19)27(28,29)30)15-22(17)35-26(39)37(9-8-36-10-12-40-13-11-36)24-18(2)23(31)32-16-33-24/h3-7,14-16H,8-13H2,1-2H3,(H,34,38)(H,35,39)(H2,31,32,33). The van der Waals surface area contributed by atoms with Crippen molar-refractivity contribution >= 4 is 34.9 Å². The summed E-state index contributed by atoms with van der Waals surface area (Å²) in [6, 6.07) is 8.50. The molecule has 0 saturated carbocycles. The summed E-state index contributed by atoms with van der Waals surface area (Å²) < 4.78 is 44.6. The summed E-state index contributed by atoms with van der Waals surface area (Å²) in [6.07, 6.45) is -3.28. The van der Waals surface area contributed by atoms with Crippen molar-refractivity contribution in [3.05, 3.63) is 71.0 Å². The average molecular weight is 558 g/mol. The van der Waals surface area contributed by atoms with Crippen LogP contribution in [0.5, 0.6) is 0 Å². The van der Waals surface area contributed by atoms with Crippen LogP contribution in [0.15, 0.2) is 48.8 Å². The number of nitrogens with one attached hydrogen (secondary N) is 2. The molecule has 0 atom stereocenters. The Bertz CT molecular complexity index is 1380. The van der Waals surface area contributed by atoms with Gasteiger partial charge in [-0.2, -0.15) is 13.2 Å². The van der Waals surface area contributed by atoms with Gasteiger partial charge in [-0.15, -0.1) is 0 Å². The fourth-order valence-electron chi connectivity index (χ4n) is 4.15. The van der Waals surface area contributed by atoms with Gasteiger partial charge in [0.15, 0.2) is 0 Å². The minimum absolute atomic E-state index is 0.146. The molecule has 1 fully saturated rings. The molecule has 3 amide bonds. The third-order valence-corrected chi connectivity index (χ3v) is 6.53. The van der Waals surface area contributed by atoms with Crippen LogP contribution in [0.1, 0.15) is 27.0 Å². The number of hydrogen-bond donors (Lipinski definition) is 3. The number of benzene rings is 2. The van der Waals surface area contributed by atoms with Crippen LogP contribution in [0, 0.1) is 13.8 Å². The second-order valence-corrected chi connectivity index (χ2v) is 9.31. The molecule has 40 heavy (non-hydrogen) atoms. The summed E-state index contributed by atoms with van der Waals surface area (Å²) in [4.78, 5) is 38.2. The van der Waals surface area contributed by atoms with E-state index in [9.17, 15) is 22.8 Å². The summed E-state index contributed by atoms with van der Waals surface area (Å²) in [5, 5.41) is 5.46. The monoisotopic (exact) mass is 557 g/mol. The number of carbonyl (C=O) groups is 2. The number of carbonyl (C=O) groups excluding carboxylic acids is 2. The highest BCUT2D eigenvalue weighted by atomic mass is 19.4. The number of anilines is 4. The molecular weight excluding hydrogens is 527 g/mol. The lowest BCUT2D eigenvalue weighted by Gasteiger charge is -2.30. The summed E-state index contributed by atoms with van der Waals surface area (Å²) in [7, 11) is 0. The van der Waals surface area contributed by atoms with E-state index in [1.807, 2.05) is 0 Å². The van der Waals surface area contributed by atoms with Gasteiger partial charge in [0.1, 0.15) is 18.0 Å². The Kier molecular flexibility index (Phi) is 8.85. The number of nitrogens with two attached hydrogens (primary N) is 1. The highest BCUT2D eigenvalue weighted by Gasteiger charge is 2.31. The van der Waals surface area contributed by atoms with Gasteiger partial charge in [-0.25, -0.2) is 14.8 Å². The predicted molar refractivity (Wildman–Crippen MR) is 145 cm³/mol. The summed E-state index contributed by atoms with van der Waals surface area (Å²) in [6.45, 7) is 7.11. The van der Waals surface area contributed by atoms with E-state index < -0.39 is 23.7 Å². The molecule has 4 rings (SSSR count). The molecule has 0 aliphatic carbocycles. The first-order chi connectivity index (χ1) is 19.0. The van der Waals surface area contributed by atoms with Gasteiger partial charge in [-0.1, -0.05) is 12.1 Å². The minimum atomic E-state index is -4.57. The van der Waals surface area contributed by atoms with Crippen LogP contribution < -0.4 is 21.3 Å². The molecule has 0 unspecified atom stereocenters. The molecular formula is C27H30F3N7O3. The maximum absolute atomic E-state index is 13.6. The normalized spacial score (nSPS) is 14.0. The van der Waals surface area contributed by atoms with Crippen LogP contribution >= 0.6 is 0 Å². The fourth-order valence-corrected chi connectivity index (χ4v) is 4.15. The molecule has 1 aliphatic heterocycles. The first-order valence-electron chi connectivity index (χ1n) is 12.6. The molecule has 0 spiro atoms. The van der Waals surface area contributed by atoms with Crippen molar-refractivity contribution in [2.45, 2.75) is 20.0 Å². The van der Waals surface area contributed by atoms with E-state index in [1.54, 1.807) is 32.0 Å². The Morgan fingerprint density at radius 2 is 1.82 bits per heavy atom. The lowest BCUT2D eigenvalue weighted by Crippen LogP contribution is -2.45. The van der Waals surface area contributed by atoms with E-state index >= 15 is 0 Å². The molecule has 1 aromatic heterocycles. The lowest BCUT2D eigenvalue weighted by molar-refractivity contribution is -0.137. The van der Waals surface area contributed by atoms with Crippen LogP contribution in [0.2, 0.25) is 0 Å². The number of alkyl halides is 3. The quantitative estimate of drug-likeness (QED) is 0.395. The zero-order valence-electron chi connectivity index (χ0n) is 22.1. The fraction of sp³-hybridized carbons (Fsp3) is 0.333. The number of halogens is 3. The third kappa shape index (κ3) is 7.04. The van der Waals surface area contributed by atoms with E-state index in [0.717, 1.165) is 25.2 Å². The molecule has 10 nitrogen and oxygen atoms in total. The number of hydrogen-bond acceptors (Lipinski definition) is 7. The highest BCUT2D eigenvalue weighted by molar-refractivity contribution is 6.06. The molecule has 3 aromatic rings. The van der Waals surface area contributed by atoms with Gasteiger partial charge in [0, 0.05) is 48.7 Å². The van der Waals surface area contributed by atoms with Crippen molar-refractivity contribution in [1.29, 1.82) is 0 Å². The number of nitrogen functional groups attached to an aromatic ring is 1. The molecule has 212 valence electrons. The number of amides is 3. The van der Waals surface area contributed by atoms with E-state index in [1.165, 1.54) is 23.4 Å². The van der Waals surface area contributed by atoms with Gasteiger partial charge in [-0.05, 0) is 49.7 Å². The third-order valence-electron chi connectivity index (χ3n) is 6.53. The second-order valence-electron chi connectivity index (χ2n) is 9.31. The number of urea groups is 1. The zero-order valence-corrected chi connectivity index (χ0v) is 22.1. The number of ether oxygens (including phenoxy) is 1. The molecule has 2 aromatic carbocycles. The Labute approximate surface area is 229 Å². The molecule has 1 saturated heterocycles. The summed E-state index contributed by atoms with van der Waals surface area (Å²) in [5.74, 6) is -0.0963. The molecule has 0 radical (unpaired) electrons. The van der Waals surface area contributed by atoms with Crippen LogP contribution in [-0.2, 0) is 10.9 Å².